The molecule has 1 aliphatic heterocycles. The highest BCUT2D eigenvalue weighted by molar-refractivity contribution is 7.99. The van der Waals surface area contributed by atoms with E-state index in [0.29, 0.717) is 21.3 Å². The third-order valence-corrected chi connectivity index (χ3v) is 6.38. The molecule has 3 heterocycles. The lowest BCUT2D eigenvalue weighted by molar-refractivity contribution is -0.113. The van der Waals surface area contributed by atoms with Gasteiger partial charge in [-0.1, -0.05) is 23.4 Å². The van der Waals surface area contributed by atoms with Crippen molar-refractivity contribution in [3.63, 3.8) is 0 Å². The molecule has 0 spiro atoms. The van der Waals surface area contributed by atoms with Crippen LogP contribution in [0.1, 0.15) is 19.5 Å². The first kappa shape index (κ1) is 22.2. The Bertz CT molecular complexity index is 1020. The molecule has 8 nitrogen and oxygen atoms in total. The van der Waals surface area contributed by atoms with E-state index in [4.69, 9.17) is 20.8 Å². The van der Waals surface area contributed by atoms with Gasteiger partial charge in [0.15, 0.2) is 5.13 Å². The van der Waals surface area contributed by atoms with Crippen LogP contribution in [-0.2, 0) is 16.1 Å². The molecule has 1 amide bonds. The predicted molar refractivity (Wildman–Crippen MR) is 121 cm³/mol. The number of anilines is 1. The molecule has 1 aliphatic rings. The minimum Gasteiger partial charge on any atom is -0.411 e. The van der Waals surface area contributed by atoms with Crippen molar-refractivity contribution >= 4 is 45.7 Å². The lowest BCUT2D eigenvalue weighted by atomic mass is 10.2. The van der Waals surface area contributed by atoms with Gasteiger partial charge in [0.05, 0.1) is 23.7 Å². The summed E-state index contributed by atoms with van der Waals surface area (Å²) in [6.45, 7) is 6.66. The van der Waals surface area contributed by atoms with E-state index in [-0.39, 0.29) is 23.9 Å². The van der Waals surface area contributed by atoms with Gasteiger partial charge in [0.1, 0.15) is 0 Å². The second kappa shape index (κ2) is 10.1. The zero-order valence-corrected chi connectivity index (χ0v) is 19.5. The zero-order chi connectivity index (χ0) is 21.8. The molecule has 2 unspecified atom stereocenters. The Labute approximate surface area is 193 Å². The number of aromatic nitrogens is 3. The second-order valence-electron chi connectivity index (χ2n) is 7.31. The van der Waals surface area contributed by atoms with E-state index in [1.54, 1.807) is 24.3 Å². The van der Waals surface area contributed by atoms with Gasteiger partial charge in [0.2, 0.25) is 11.8 Å². The summed E-state index contributed by atoms with van der Waals surface area (Å²) < 4.78 is 11.4. The first-order valence-corrected chi connectivity index (χ1v) is 12.0. The van der Waals surface area contributed by atoms with Crippen LogP contribution in [0.3, 0.4) is 0 Å². The number of nitrogens with zero attached hydrogens (tertiary/aromatic N) is 4. The molecule has 11 heteroatoms. The molecule has 3 aromatic rings. The summed E-state index contributed by atoms with van der Waals surface area (Å²) >= 11 is 8.49. The number of benzene rings is 1. The number of halogens is 1. The molecule has 0 radical (unpaired) electrons. The Morgan fingerprint density at radius 1 is 1.26 bits per heavy atom. The summed E-state index contributed by atoms with van der Waals surface area (Å²) in [7, 11) is 0. The van der Waals surface area contributed by atoms with Crippen LogP contribution in [0.2, 0.25) is 5.02 Å². The number of rotatable bonds is 7. The third-order valence-electron chi connectivity index (χ3n) is 4.50. The van der Waals surface area contributed by atoms with Crippen LogP contribution in [0.15, 0.2) is 39.3 Å². The first-order valence-electron chi connectivity index (χ1n) is 9.79. The summed E-state index contributed by atoms with van der Waals surface area (Å²) in [5, 5.41) is 14.3. The molecule has 1 saturated heterocycles. The SMILES string of the molecule is CC1CN(Cc2csc(NC(=O)CSc3nnc(-c4ccc(Cl)cc4)o3)n2)CC(C)O1. The highest BCUT2D eigenvalue weighted by atomic mass is 35.5. The topological polar surface area (TPSA) is 93.4 Å². The molecule has 0 bridgehead atoms. The van der Waals surface area contributed by atoms with E-state index >= 15 is 0 Å². The Morgan fingerprint density at radius 2 is 2.00 bits per heavy atom. The number of thioether (sulfide) groups is 1. The van der Waals surface area contributed by atoms with Gasteiger partial charge < -0.3 is 14.5 Å². The Hall–Kier alpha value is -1.98. The van der Waals surface area contributed by atoms with Crippen LogP contribution in [0.25, 0.3) is 11.5 Å². The van der Waals surface area contributed by atoms with Crippen molar-refractivity contribution < 1.29 is 13.9 Å². The minimum atomic E-state index is -0.175. The molecule has 2 atom stereocenters. The first-order chi connectivity index (χ1) is 14.9. The standard InChI is InChI=1S/C20H22ClN5O3S2/c1-12-7-26(8-13(2)28-12)9-16-10-30-19(22-16)23-17(27)11-31-20-25-24-18(29-20)14-3-5-15(21)6-4-14/h3-6,10,12-13H,7-9,11H2,1-2H3,(H,22,23,27). The number of carbonyl (C=O) groups is 1. The second-order valence-corrected chi connectivity index (χ2v) is 9.53. The summed E-state index contributed by atoms with van der Waals surface area (Å²) in [6.07, 6.45) is 0.423. The van der Waals surface area contributed by atoms with Gasteiger partial charge >= 0.3 is 0 Å². The molecule has 164 valence electrons. The summed E-state index contributed by atoms with van der Waals surface area (Å²) in [5.74, 6) is 0.358. The Kier molecular flexibility index (Phi) is 7.24. The monoisotopic (exact) mass is 479 g/mol. The van der Waals surface area contributed by atoms with Gasteiger partial charge in [0, 0.05) is 35.6 Å². The van der Waals surface area contributed by atoms with Crippen molar-refractivity contribution in [1.82, 2.24) is 20.1 Å². The van der Waals surface area contributed by atoms with E-state index < -0.39 is 0 Å². The number of amides is 1. The fourth-order valence-electron chi connectivity index (χ4n) is 3.34. The van der Waals surface area contributed by atoms with E-state index in [0.717, 1.165) is 30.9 Å². The highest BCUT2D eigenvalue weighted by Gasteiger charge is 2.23. The third kappa shape index (κ3) is 6.27. The molecule has 31 heavy (non-hydrogen) atoms. The van der Waals surface area contributed by atoms with Gasteiger partial charge in [-0.05, 0) is 38.1 Å². The number of morpholine rings is 1. The van der Waals surface area contributed by atoms with Gasteiger partial charge in [0.25, 0.3) is 5.22 Å². The Morgan fingerprint density at radius 3 is 2.74 bits per heavy atom. The van der Waals surface area contributed by atoms with Crippen LogP contribution < -0.4 is 5.32 Å². The molecular weight excluding hydrogens is 458 g/mol. The van der Waals surface area contributed by atoms with Gasteiger partial charge in [-0.3, -0.25) is 9.69 Å². The minimum absolute atomic E-state index is 0.148. The van der Waals surface area contributed by atoms with Gasteiger partial charge in [-0.2, -0.15) is 0 Å². The van der Waals surface area contributed by atoms with Crippen LogP contribution >= 0.6 is 34.7 Å². The Balaban J connectivity index is 1.25. The van der Waals surface area contributed by atoms with Crippen LogP contribution in [0, 0.1) is 0 Å². The largest absolute Gasteiger partial charge is 0.411 e. The molecule has 4 rings (SSSR count). The van der Waals surface area contributed by atoms with Gasteiger partial charge in [-0.15, -0.1) is 21.5 Å². The molecule has 0 saturated carbocycles. The quantitative estimate of drug-likeness (QED) is 0.504. The average Bonchev–Trinajstić information content (AvgIpc) is 3.36. The molecular formula is C20H22ClN5O3S2. The fourth-order valence-corrected chi connectivity index (χ4v) is 4.75. The maximum Gasteiger partial charge on any atom is 0.277 e. The van der Waals surface area contributed by atoms with E-state index in [1.807, 2.05) is 5.38 Å². The molecule has 1 aromatic carbocycles. The average molecular weight is 480 g/mol. The lowest BCUT2D eigenvalue weighted by Gasteiger charge is -2.34. The smallest absolute Gasteiger partial charge is 0.277 e. The summed E-state index contributed by atoms with van der Waals surface area (Å²) in [4.78, 5) is 19.1. The van der Waals surface area contributed by atoms with Gasteiger partial charge in [-0.25, -0.2) is 4.98 Å². The number of hydrogen-bond donors (Lipinski definition) is 1. The van der Waals surface area contributed by atoms with Crippen molar-refractivity contribution in [2.24, 2.45) is 0 Å². The number of hydrogen-bond acceptors (Lipinski definition) is 9. The molecule has 1 fully saturated rings. The zero-order valence-electron chi connectivity index (χ0n) is 17.1. The number of carbonyl (C=O) groups excluding carboxylic acids is 1. The highest BCUT2D eigenvalue weighted by Crippen LogP contribution is 2.25. The lowest BCUT2D eigenvalue weighted by Crippen LogP contribution is -2.44. The van der Waals surface area contributed by atoms with E-state index in [9.17, 15) is 4.79 Å². The number of ether oxygens (including phenoxy) is 1. The van der Waals surface area contributed by atoms with Crippen LogP contribution in [0.5, 0.6) is 0 Å². The van der Waals surface area contributed by atoms with E-state index in [1.165, 1.54) is 23.1 Å². The van der Waals surface area contributed by atoms with Crippen molar-refractivity contribution in [2.75, 3.05) is 24.2 Å². The fraction of sp³-hybridized carbons (Fsp3) is 0.400. The van der Waals surface area contributed by atoms with Crippen molar-refractivity contribution in [2.45, 2.75) is 37.8 Å². The number of nitrogens with one attached hydrogen (secondary N) is 1. The maximum absolute atomic E-state index is 12.3. The molecule has 1 N–H and O–H groups in total. The van der Waals surface area contributed by atoms with Crippen molar-refractivity contribution in [1.29, 1.82) is 0 Å². The molecule has 2 aromatic heterocycles. The maximum atomic E-state index is 12.3. The number of thiazole rings is 1. The van der Waals surface area contributed by atoms with Crippen molar-refractivity contribution in [3.05, 3.63) is 40.4 Å². The summed E-state index contributed by atoms with van der Waals surface area (Å²) in [6, 6.07) is 7.11. The normalized spacial score (nSPS) is 19.5. The predicted octanol–water partition coefficient (Wildman–Crippen LogP) is 4.19. The summed E-state index contributed by atoms with van der Waals surface area (Å²) in [5.41, 5.74) is 1.71. The van der Waals surface area contributed by atoms with E-state index in [2.05, 4.69) is 39.2 Å². The van der Waals surface area contributed by atoms with Crippen molar-refractivity contribution in [3.8, 4) is 11.5 Å². The van der Waals surface area contributed by atoms with Crippen LogP contribution in [0.4, 0.5) is 5.13 Å². The van der Waals surface area contributed by atoms with Crippen LogP contribution in [-0.4, -0.2) is 57.0 Å². The molecule has 0 aliphatic carbocycles.